The highest BCUT2D eigenvalue weighted by Gasteiger charge is 2.51. The average Bonchev–Trinajstić information content (AvgIpc) is 0.857. The molecule has 0 aromatic heterocycles. The molecule has 0 aliphatic carbocycles. The highest BCUT2D eigenvalue weighted by atomic mass is 16.7. The normalized spacial score (nSPS) is 22.5. The predicted octanol–water partition coefficient (Wildman–Crippen LogP) is 18.4. The second-order valence-corrected chi connectivity index (χ2v) is 28.5. The van der Waals surface area contributed by atoms with Gasteiger partial charge in [-0.15, -0.1) is 0 Å². The Morgan fingerprint density at radius 3 is 1.10 bits per heavy atom. The third kappa shape index (κ3) is 48.5. The molecule has 2 heterocycles. The van der Waals surface area contributed by atoms with Crippen LogP contribution in [0.1, 0.15) is 361 Å². The van der Waals surface area contributed by atoms with Crippen molar-refractivity contribution in [1.29, 1.82) is 0 Å². The summed E-state index contributed by atoms with van der Waals surface area (Å²) in [6.07, 6.45) is 73.1. The average molecular weight is 1360 g/mol. The molecular weight excluding hydrogens is 1210 g/mol. The Balaban J connectivity index is 1.59. The van der Waals surface area contributed by atoms with Crippen LogP contribution in [0.3, 0.4) is 0 Å². The molecule has 0 radical (unpaired) electrons. The second-order valence-electron chi connectivity index (χ2n) is 28.5. The first-order valence-corrected chi connectivity index (χ1v) is 40.5. The molecule has 12 unspecified atom stereocenters. The van der Waals surface area contributed by atoms with E-state index in [1.54, 1.807) is 6.08 Å². The van der Waals surface area contributed by atoms with Gasteiger partial charge in [-0.3, -0.25) is 4.79 Å². The van der Waals surface area contributed by atoms with Crippen molar-refractivity contribution in [3.63, 3.8) is 0 Å². The number of allylic oxidation sites excluding steroid dienone is 9. The maximum Gasteiger partial charge on any atom is 0.220 e. The summed E-state index contributed by atoms with van der Waals surface area (Å²) in [7, 11) is 0. The minimum atomic E-state index is -1.79. The van der Waals surface area contributed by atoms with Gasteiger partial charge in [0.05, 0.1) is 32.0 Å². The van der Waals surface area contributed by atoms with Gasteiger partial charge in [-0.1, -0.05) is 357 Å². The van der Waals surface area contributed by atoms with Crippen LogP contribution in [0.2, 0.25) is 0 Å². The summed E-state index contributed by atoms with van der Waals surface area (Å²) in [5.41, 5.74) is 0. The van der Waals surface area contributed by atoms with Crippen molar-refractivity contribution in [2.45, 2.75) is 434 Å². The number of hydrogen-bond acceptors (Lipinski definition) is 13. The Morgan fingerprint density at radius 1 is 0.385 bits per heavy atom. The summed E-state index contributed by atoms with van der Waals surface area (Å²) < 4.78 is 22.9. The third-order valence-corrected chi connectivity index (χ3v) is 19.7. The predicted molar refractivity (Wildman–Crippen MR) is 397 cm³/mol. The van der Waals surface area contributed by atoms with E-state index in [4.69, 9.17) is 18.9 Å². The van der Waals surface area contributed by atoms with Crippen LogP contribution < -0.4 is 5.32 Å². The molecule has 2 aliphatic heterocycles. The molecular formula is C82H151NO13. The Morgan fingerprint density at radius 2 is 0.719 bits per heavy atom. The van der Waals surface area contributed by atoms with Gasteiger partial charge in [-0.2, -0.15) is 0 Å². The number of aliphatic hydroxyl groups excluding tert-OH is 8. The highest BCUT2D eigenvalue weighted by molar-refractivity contribution is 5.76. The van der Waals surface area contributed by atoms with Crippen molar-refractivity contribution in [1.82, 2.24) is 5.32 Å². The van der Waals surface area contributed by atoms with Gasteiger partial charge >= 0.3 is 0 Å². The minimum Gasteiger partial charge on any atom is -0.394 e. The van der Waals surface area contributed by atoms with Crippen molar-refractivity contribution in [3.8, 4) is 0 Å². The van der Waals surface area contributed by atoms with E-state index in [-0.39, 0.29) is 18.9 Å². The molecule has 1 amide bonds. The standard InChI is InChI=1S/C82H151NO13/c1-3-5-7-9-11-13-15-17-19-21-23-25-27-29-30-31-32-33-34-35-36-37-38-39-40-42-44-46-48-50-52-54-56-58-60-62-64-66-74(87)83-70(69-93-81-79(92)77(90)80(73(68-85)95-81)96-82-78(91)76(89)75(88)72(67-84)94-82)71(86)65-63-61-59-57-55-53-51-49-47-45-43-41-28-26-24-22-20-18-16-14-12-10-8-6-4-2/h5,7,11,13,17,19,23,25,63,65,70-73,75-82,84-86,88-92H,3-4,6,8-10,12,14-16,18,20-22,24,26-62,64,66-69H2,1-2H3,(H,83,87)/b7-5-,13-11-,19-17-,25-23-,65-63+. The molecule has 0 bridgehead atoms. The maximum absolute atomic E-state index is 13.4. The Labute approximate surface area is 587 Å². The van der Waals surface area contributed by atoms with E-state index in [0.717, 1.165) is 64.2 Å². The molecule has 14 heteroatoms. The monoisotopic (exact) mass is 1360 g/mol. The molecule has 9 N–H and O–H groups in total. The van der Waals surface area contributed by atoms with E-state index < -0.39 is 86.8 Å². The topological polar surface area (TPSA) is 228 Å². The number of ether oxygens (including phenoxy) is 4. The molecule has 2 aliphatic rings. The number of carbonyl (C=O) groups is 1. The number of unbranched alkanes of at least 4 members (excludes halogenated alkanes) is 47. The van der Waals surface area contributed by atoms with Crippen molar-refractivity contribution < 1.29 is 64.6 Å². The molecule has 96 heavy (non-hydrogen) atoms. The third-order valence-electron chi connectivity index (χ3n) is 19.7. The lowest BCUT2D eigenvalue weighted by atomic mass is 9.97. The highest BCUT2D eigenvalue weighted by Crippen LogP contribution is 2.30. The van der Waals surface area contributed by atoms with E-state index in [9.17, 15) is 45.6 Å². The minimum absolute atomic E-state index is 0.232. The van der Waals surface area contributed by atoms with Gasteiger partial charge in [0.1, 0.15) is 48.8 Å². The molecule has 0 spiro atoms. The van der Waals surface area contributed by atoms with Crippen molar-refractivity contribution >= 4 is 5.91 Å². The van der Waals surface area contributed by atoms with Crippen LogP contribution in [0.4, 0.5) is 0 Å². The quantitative estimate of drug-likeness (QED) is 0.0204. The first-order chi connectivity index (χ1) is 47.1. The maximum atomic E-state index is 13.4. The number of amides is 1. The van der Waals surface area contributed by atoms with Crippen LogP contribution in [0.25, 0.3) is 0 Å². The number of hydrogen-bond donors (Lipinski definition) is 9. The second kappa shape index (κ2) is 66.0. The van der Waals surface area contributed by atoms with Crippen LogP contribution >= 0.6 is 0 Å². The summed E-state index contributed by atoms with van der Waals surface area (Å²) in [6.45, 7) is 2.75. The van der Waals surface area contributed by atoms with Crippen molar-refractivity contribution in [3.05, 3.63) is 60.8 Å². The molecule has 14 nitrogen and oxygen atoms in total. The van der Waals surface area contributed by atoms with E-state index in [1.807, 2.05) is 6.08 Å². The Bertz CT molecular complexity index is 1840. The summed E-state index contributed by atoms with van der Waals surface area (Å²) in [6, 6.07) is -0.916. The molecule has 562 valence electrons. The van der Waals surface area contributed by atoms with Crippen molar-refractivity contribution in [2.24, 2.45) is 0 Å². The summed E-state index contributed by atoms with van der Waals surface area (Å²) >= 11 is 0. The molecule has 0 aromatic carbocycles. The fourth-order valence-electron chi connectivity index (χ4n) is 13.3. The lowest BCUT2D eigenvalue weighted by Crippen LogP contribution is -2.65. The van der Waals surface area contributed by atoms with Gasteiger partial charge in [0, 0.05) is 6.42 Å². The van der Waals surface area contributed by atoms with Gasteiger partial charge in [-0.25, -0.2) is 0 Å². The number of rotatable bonds is 68. The molecule has 12 atom stereocenters. The lowest BCUT2D eigenvalue weighted by Gasteiger charge is -2.46. The van der Waals surface area contributed by atoms with Gasteiger partial charge < -0.3 is 65.1 Å². The van der Waals surface area contributed by atoms with E-state index >= 15 is 0 Å². The first kappa shape index (κ1) is 89.8. The number of aliphatic hydroxyl groups is 8. The van der Waals surface area contributed by atoms with Crippen LogP contribution in [0, 0.1) is 0 Å². The van der Waals surface area contributed by atoms with Crippen LogP contribution in [-0.4, -0.2) is 140 Å². The summed E-state index contributed by atoms with van der Waals surface area (Å²) in [5.74, 6) is -0.232. The molecule has 2 fully saturated rings. The van der Waals surface area contributed by atoms with Gasteiger partial charge in [-0.05, 0) is 57.8 Å². The fourth-order valence-corrected chi connectivity index (χ4v) is 13.3. The summed E-state index contributed by atoms with van der Waals surface area (Å²) in [4.78, 5) is 13.4. The van der Waals surface area contributed by atoms with Gasteiger partial charge in [0.2, 0.25) is 5.91 Å². The molecule has 0 aromatic rings. The lowest BCUT2D eigenvalue weighted by molar-refractivity contribution is -0.359. The van der Waals surface area contributed by atoms with E-state index in [0.29, 0.717) is 6.42 Å². The SMILES string of the molecule is CC/C=C\C/C=C\C/C=C\C/C=C\CCCCCCCCCCCCCCCCCCCCCCCCCCC(=O)NC(COC1OC(CO)C(OC2OC(CO)C(O)C(O)C2O)C(O)C1O)C(O)/C=C/CCCCCCCCCCCCCCCCCCCCCCCCC. The van der Waals surface area contributed by atoms with E-state index in [2.05, 4.69) is 67.8 Å². The zero-order chi connectivity index (χ0) is 69.4. The Kier molecular flexibility index (Phi) is 61.7. The molecule has 2 rings (SSSR count). The zero-order valence-corrected chi connectivity index (χ0v) is 61.6. The van der Waals surface area contributed by atoms with Gasteiger partial charge in [0.15, 0.2) is 12.6 Å². The first-order valence-electron chi connectivity index (χ1n) is 40.5. The number of nitrogens with one attached hydrogen (secondary N) is 1. The molecule has 2 saturated heterocycles. The van der Waals surface area contributed by atoms with E-state index in [1.165, 1.54) is 270 Å². The Hall–Kier alpha value is -2.31. The number of carbonyl (C=O) groups excluding carboxylic acids is 1. The van der Waals surface area contributed by atoms with Crippen LogP contribution in [0.5, 0.6) is 0 Å². The van der Waals surface area contributed by atoms with Gasteiger partial charge in [0.25, 0.3) is 0 Å². The fraction of sp³-hybridized carbons (Fsp3) is 0.866. The summed E-state index contributed by atoms with van der Waals surface area (Å²) in [5, 5.41) is 87.7. The van der Waals surface area contributed by atoms with Crippen LogP contribution in [0.15, 0.2) is 60.8 Å². The van der Waals surface area contributed by atoms with Crippen LogP contribution in [-0.2, 0) is 23.7 Å². The largest absolute Gasteiger partial charge is 0.394 e. The molecule has 0 saturated carbocycles. The zero-order valence-electron chi connectivity index (χ0n) is 61.6. The smallest absolute Gasteiger partial charge is 0.220 e. The van der Waals surface area contributed by atoms with Crippen molar-refractivity contribution in [2.75, 3.05) is 19.8 Å².